The van der Waals surface area contributed by atoms with Crippen molar-refractivity contribution in [2.24, 2.45) is 0 Å². The standard InChI is InChI=1S/C3H8O2.HI/c1-4-3-5-2;/h3H2,1-2H3;1H. The quantitative estimate of drug-likeness (QED) is 0.490. The summed E-state index contributed by atoms with van der Waals surface area (Å²) in [6.45, 7) is 0.389. The lowest BCUT2D eigenvalue weighted by Crippen LogP contribution is -1.87. The van der Waals surface area contributed by atoms with Gasteiger partial charge in [-0.15, -0.1) is 24.0 Å². The molecule has 0 bridgehead atoms. The van der Waals surface area contributed by atoms with Gasteiger partial charge >= 0.3 is 0 Å². The van der Waals surface area contributed by atoms with Crippen molar-refractivity contribution in [3.63, 3.8) is 0 Å². The number of hydrogen-bond acceptors (Lipinski definition) is 2. The summed E-state index contributed by atoms with van der Waals surface area (Å²) < 4.78 is 8.94. The molecule has 0 saturated heterocycles. The fraction of sp³-hybridized carbons (Fsp3) is 1.00. The lowest BCUT2D eigenvalue weighted by Gasteiger charge is -1.87. The third kappa shape index (κ3) is 8.82. The van der Waals surface area contributed by atoms with Crippen LogP contribution in [0.2, 0.25) is 0 Å². The van der Waals surface area contributed by atoms with Crippen molar-refractivity contribution in [2.45, 2.75) is 0 Å². The highest BCUT2D eigenvalue weighted by molar-refractivity contribution is 14.0. The number of methoxy groups -OCH3 is 2. The molecule has 0 atom stereocenters. The van der Waals surface area contributed by atoms with Crippen LogP contribution in [0, 0.1) is 0 Å². The first kappa shape index (κ1) is 9.82. The molecule has 40 valence electrons. The summed E-state index contributed by atoms with van der Waals surface area (Å²) >= 11 is 0. The Kier molecular flexibility index (Phi) is 15.0. The molecule has 0 saturated carbocycles. The predicted molar refractivity (Wildman–Crippen MR) is 34.3 cm³/mol. The van der Waals surface area contributed by atoms with Crippen molar-refractivity contribution >= 4 is 24.0 Å². The Morgan fingerprint density at radius 2 is 1.50 bits per heavy atom. The largest absolute Gasteiger partial charge is 0.359 e. The van der Waals surface area contributed by atoms with E-state index in [-0.39, 0.29) is 24.0 Å². The number of hydrogen-bond donors (Lipinski definition) is 0. The van der Waals surface area contributed by atoms with Crippen molar-refractivity contribution in [1.82, 2.24) is 0 Å². The zero-order chi connectivity index (χ0) is 4.12. The van der Waals surface area contributed by atoms with E-state index in [9.17, 15) is 0 Å². The van der Waals surface area contributed by atoms with Crippen molar-refractivity contribution in [2.75, 3.05) is 21.0 Å². The van der Waals surface area contributed by atoms with Crippen molar-refractivity contribution in [3.8, 4) is 0 Å². The monoisotopic (exact) mass is 204 g/mol. The van der Waals surface area contributed by atoms with Gasteiger partial charge in [0.2, 0.25) is 0 Å². The number of ether oxygens (including phenoxy) is 2. The Morgan fingerprint density at radius 3 is 1.50 bits per heavy atom. The zero-order valence-electron chi connectivity index (χ0n) is 3.93. The maximum atomic E-state index is 4.47. The summed E-state index contributed by atoms with van der Waals surface area (Å²) in [5.74, 6) is 0. The van der Waals surface area contributed by atoms with E-state index in [0.717, 1.165) is 0 Å². The van der Waals surface area contributed by atoms with Crippen LogP contribution in [-0.2, 0) is 9.47 Å². The molecule has 0 aliphatic heterocycles. The fourth-order valence-electron chi connectivity index (χ4n) is 0.118. The lowest BCUT2D eigenvalue weighted by atomic mass is 11.4. The van der Waals surface area contributed by atoms with Crippen LogP contribution in [0.25, 0.3) is 0 Å². The second-order valence-corrected chi connectivity index (χ2v) is 0.695. The molecular formula is C3H9IO2. The van der Waals surface area contributed by atoms with Gasteiger partial charge in [-0.25, -0.2) is 0 Å². The SMILES string of the molecule is COCOC.I. The third-order valence-corrected chi connectivity index (χ3v) is 0.236. The van der Waals surface area contributed by atoms with E-state index < -0.39 is 0 Å². The molecule has 0 aliphatic carbocycles. The van der Waals surface area contributed by atoms with E-state index in [0.29, 0.717) is 6.79 Å². The van der Waals surface area contributed by atoms with Gasteiger partial charge in [-0.2, -0.15) is 0 Å². The van der Waals surface area contributed by atoms with E-state index in [1.807, 2.05) is 0 Å². The van der Waals surface area contributed by atoms with Crippen molar-refractivity contribution < 1.29 is 9.47 Å². The average Bonchev–Trinajstić information content (AvgIpc) is 1.41. The van der Waals surface area contributed by atoms with Gasteiger partial charge in [0, 0.05) is 14.2 Å². The van der Waals surface area contributed by atoms with E-state index >= 15 is 0 Å². The fourth-order valence-corrected chi connectivity index (χ4v) is 0.118. The minimum atomic E-state index is 0. The molecule has 0 aromatic rings. The van der Waals surface area contributed by atoms with Gasteiger partial charge < -0.3 is 9.47 Å². The summed E-state index contributed by atoms with van der Waals surface area (Å²) in [5, 5.41) is 0. The molecule has 0 spiro atoms. The second kappa shape index (κ2) is 9.17. The van der Waals surface area contributed by atoms with Crippen LogP contribution < -0.4 is 0 Å². The van der Waals surface area contributed by atoms with Crippen LogP contribution in [0.15, 0.2) is 0 Å². The van der Waals surface area contributed by atoms with Gasteiger partial charge in [0.25, 0.3) is 0 Å². The molecule has 6 heavy (non-hydrogen) atoms. The maximum Gasteiger partial charge on any atom is 0.145 e. The maximum absolute atomic E-state index is 4.47. The Hall–Kier alpha value is 0.650. The normalized spacial score (nSPS) is 7.00. The molecule has 0 rings (SSSR count). The van der Waals surface area contributed by atoms with Crippen LogP contribution in [0.5, 0.6) is 0 Å². The topological polar surface area (TPSA) is 18.5 Å². The van der Waals surface area contributed by atoms with E-state index in [2.05, 4.69) is 9.47 Å². The molecule has 0 unspecified atom stereocenters. The Morgan fingerprint density at radius 1 is 1.17 bits per heavy atom. The van der Waals surface area contributed by atoms with Crippen LogP contribution >= 0.6 is 24.0 Å². The number of halogens is 1. The molecule has 0 aromatic heterocycles. The first-order valence-electron chi connectivity index (χ1n) is 1.39. The first-order chi connectivity index (χ1) is 2.41. The summed E-state index contributed by atoms with van der Waals surface area (Å²) in [6.07, 6.45) is 0. The van der Waals surface area contributed by atoms with Gasteiger partial charge in [-0.1, -0.05) is 0 Å². The summed E-state index contributed by atoms with van der Waals surface area (Å²) in [7, 11) is 3.17. The Balaban J connectivity index is 0. The van der Waals surface area contributed by atoms with Crippen LogP contribution in [0.3, 0.4) is 0 Å². The van der Waals surface area contributed by atoms with Gasteiger partial charge in [-0.05, 0) is 0 Å². The minimum Gasteiger partial charge on any atom is -0.359 e. The summed E-state index contributed by atoms with van der Waals surface area (Å²) in [4.78, 5) is 0. The van der Waals surface area contributed by atoms with Gasteiger partial charge in [-0.3, -0.25) is 0 Å². The van der Waals surface area contributed by atoms with E-state index in [1.165, 1.54) is 0 Å². The summed E-state index contributed by atoms with van der Waals surface area (Å²) in [6, 6.07) is 0. The highest BCUT2D eigenvalue weighted by Gasteiger charge is 1.63. The first-order valence-corrected chi connectivity index (χ1v) is 1.39. The second-order valence-electron chi connectivity index (χ2n) is 0.695. The molecule has 2 nitrogen and oxygen atoms in total. The summed E-state index contributed by atoms with van der Waals surface area (Å²) in [5.41, 5.74) is 0. The van der Waals surface area contributed by atoms with E-state index in [1.54, 1.807) is 14.2 Å². The van der Waals surface area contributed by atoms with Crippen molar-refractivity contribution in [1.29, 1.82) is 0 Å². The van der Waals surface area contributed by atoms with Crippen LogP contribution in [-0.4, -0.2) is 21.0 Å². The average molecular weight is 204 g/mol. The smallest absolute Gasteiger partial charge is 0.145 e. The predicted octanol–water partition coefficient (Wildman–Crippen LogP) is 0.855. The molecule has 0 heterocycles. The molecule has 0 aromatic carbocycles. The Bertz CT molecular complexity index is 16.3. The third-order valence-electron chi connectivity index (χ3n) is 0.236. The van der Waals surface area contributed by atoms with Crippen LogP contribution in [0.4, 0.5) is 0 Å². The van der Waals surface area contributed by atoms with Gasteiger partial charge in [0.15, 0.2) is 0 Å². The molecule has 0 amide bonds. The molecule has 0 radical (unpaired) electrons. The molecule has 0 fully saturated rings. The van der Waals surface area contributed by atoms with Crippen LogP contribution in [0.1, 0.15) is 0 Å². The van der Waals surface area contributed by atoms with Crippen molar-refractivity contribution in [3.05, 3.63) is 0 Å². The molecule has 0 aliphatic rings. The zero-order valence-corrected chi connectivity index (χ0v) is 6.26. The van der Waals surface area contributed by atoms with Gasteiger partial charge in [0.05, 0.1) is 0 Å². The van der Waals surface area contributed by atoms with E-state index in [4.69, 9.17) is 0 Å². The van der Waals surface area contributed by atoms with Gasteiger partial charge in [0.1, 0.15) is 6.79 Å². The Labute approximate surface area is 54.8 Å². The minimum absolute atomic E-state index is 0. The highest BCUT2D eigenvalue weighted by atomic mass is 127. The number of rotatable bonds is 2. The lowest BCUT2D eigenvalue weighted by molar-refractivity contribution is -0.00271. The highest BCUT2D eigenvalue weighted by Crippen LogP contribution is 1.60. The molecular weight excluding hydrogens is 195 g/mol. The molecule has 3 heteroatoms. The molecule has 0 N–H and O–H groups in total.